The molecule has 0 spiro atoms. The molecular weight excluding hydrogens is 506 g/mol. The van der Waals surface area contributed by atoms with E-state index in [0.717, 1.165) is 10.6 Å². The highest BCUT2D eigenvalue weighted by Gasteiger charge is 2.31. The number of pyridine rings is 2. The molecule has 12 heteroatoms. The van der Waals surface area contributed by atoms with Crippen molar-refractivity contribution in [3.63, 3.8) is 0 Å². The maximum atomic E-state index is 13.3. The normalized spacial score (nSPS) is 12.8. The second-order valence-electron chi connectivity index (χ2n) is 9.09. The van der Waals surface area contributed by atoms with Gasteiger partial charge in [0, 0.05) is 23.0 Å². The Balaban J connectivity index is 1.57. The predicted octanol–water partition coefficient (Wildman–Crippen LogP) is 5.08. The molecule has 190 valence electrons. The van der Waals surface area contributed by atoms with Gasteiger partial charge in [-0.1, -0.05) is 22.9 Å². The number of hydrogen-bond donors (Lipinski definition) is 1. The third kappa shape index (κ3) is 5.36. The van der Waals surface area contributed by atoms with Crippen molar-refractivity contribution in [2.45, 2.75) is 46.4 Å². The van der Waals surface area contributed by atoms with E-state index < -0.39 is 17.6 Å². The van der Waals surface area contributed by atoms with Crippen LogP contribution in [0.1, 0.15) is 47.4 Å². The molecule has 0 bridgehead atoms. The zero-order valence-electron chi connectivity index (χ0n) is 20.8. The summed E-state index contributed by atoms with van der Waals surface area (Å²) in [6.07, 6.45) is 1.10. The molecule has 4 heterocycles. The van der Waals surface area contributed by atoms with Crippen LogP contribution in [0.15, 0.2) is 18.3 Å². The Kier molecular flexibility index (Phi) is 7.05. The lowest BCUT2D eigenvalue weighted by Gasteiger charge is -2.24. The summed E-state index contributed by atoms with van der Waals surface area (Å²) in [4.78, 5) is 41.2. The highest BCUT2D eigenvalue weighted by atomic mass is 35.5. The number of carbonyl (C=O) groups excluding carboxylic acids is 2. The first-order valence-electron chi connectivity index (χ1n) is 11.0. The fraction of sp³-hybridized carbons (Fsp3) is 0.375. The Morgan fingerprint density at radius 1 is 1.08 bits per heavy atom. The smallest absolute Gasteiger partial charge is 0.410 e. The lowest BCUT2D eigenvalue weighted by molar-refractivity contribution is 0.0241. The Bertz CT molecular complexity index is 1310. The van der Waals surface area contributed by atoms with Crippen molar-refractivity contribution in [2.75, 3.05) is 19.5 Å². The van der Waals surface area contributed by atoms with Crippen LogP contribution in [-0.4, -0.2) is 51.7 Å². The van der Waals surface area contributed by atoms with E-state index >= 15 is 0 Å². The molecule has 0 saturated heterocycles. The van der Waals surface area contributed by atoms with Crippen LogP contribution in [0, 0.1) is 6.92 Å². The summed E-state index contributed by atoms with van der Waals surface area (Å²) in [5, 5.41) is 3.56. The molecule has 2 amide bonds. The van der Waals surface area contributed by atoms with Gasteiger partial charge in [-0.05, 0) is 39.8 Å². The van der Waals surface area contributed by atoms with E-state index in [-0.39, 0.29) is 16.8 Å². The number of methoxy groups -OCH3 is 2. The van der Waals surface area contributed by atoms with E-state index in [0.29, 0.717) is 40.6 Å². The van der Waals surface area contributed by atoms with Gasteiger partial charge in [-0.15, -0.1) is 0 Å². The van der Waals surface area contributed by atoms with Gasteiger partial charge >= 0.3 is 6.09 Å². The van der Waals surface area contributed by atoms with E-state index in [1.807, 2.05) is 27.7 Å². The highest BCUT2D eigenvalue weighted by molar-refractivity contribution is 7.16. The first kappa shape index (κ1) is 25.6. The zero-order valence-corrected chi connectivity index (χ0v) is 22.3. The number of halogens is 1. The molecule has 0 aromatic carbocycles. The number of hydrogen-bond acceptors (Lipinski definition) is 9. The van der Waals surface area contributed by atoms with E-state index in [1.165, 1.54) is 31.8 Å². The first-order valence-corrected chi connectivity index (χ1v) is 12.2. The molecule has 3 aromatic rings. The fourth-order valence-corrected chi connectivity index (χ4v) is 4.84. The quantitative estimate of drug-likeness (QED) is 0.484. The van der Waals surface area contributed by atoms with Crippen LogP contribution in [0.3, 0.4) is 0 Å². The van der Waals surface area contributed by atoms with Crippen LogP contribution in [0.5, 0.6) is 11.8 Å². The molecule has 0 radical (unpaired) electrons. The van der Waals surface area contributed by atoms with Crippen LogP contribution in [0.2, 0.25) is 5.02 Å². The zero-order chi connectivity index (χ0) is 26.2. The molecule has 0 aliphatic carbocycles. The molecule has 0 atom stereocenters. The summed E-state index contributed by atoms with van der Waals surface area (Å²) in [6.45, 7) is 7.98. The number of nitrogens with one attached hydrogen (secondary N) is 1. The summed E-state index contributed by atoms with van der Waals surface area (Å²) < 4.78 is 16.1. The van der Waals surface area contributed by atoms with Gasteiger partial charge in [-0.2, -0.15) is 4.98 Å². The van der Waals surface area contributed by atoms with E-state index in [4.69, 9.17) is 25.8 Å². The van der Waals surface area contributed by atoms with Gasteiger partial charge in [-0.25, -0.2) is 9.78 Å². The van der Waals surface area contributed by atoms with Gasteiger partial charge in [0.2, 0.25) is 11.8 Å². The van der Waals surface area contributed by atoms with Crippen molar-refractivity contribution >= 4 is 40.1 Å². The Labute approximate surface area is 217 Å². The van der Waals surface area contributed by atoms with Crippen LogP contribution >= 0.6 is 22.9 Å². The number of fused-ring (bicyclic) bond motifs is 1. The van der Waals surface area contributed by atoms with E-state index in [2.05, 4.69) is 20.3 Å². The van der Waals surface area contributed by atoms with Gasteiger partial charge in [0.25, 0.3) is 5.91 Å². The summed E-state index contributed by atoms with van der Waals surface area (Å²) in [6, 6.07) is 3.40. The third-order valence-corrected chi connectivity index (χ3v) is 6.47. The number of aryl methyl sites for hydroxylation is 1. The van der Waals surface area contributed by atoms with Crippen molar-refractivity contribution in [3.05, 3.63) is 45.2 Å². The monoisotopic (exact) mass is 531 g/mol. The number of thiazole rings is 1. The minimum absolute atomic E-state index is 0.215. The lowest BCUT2D eigenvalue weighted by atomic mass is 10.0. The number of nitrogens with zero attached hydrogens (tertiary/aromatic N) is 4. The number of ether oxygens (including phenoxy) is 3. The number of amides is 2. The van der Waals surface area contributed by atoms with Crippen molar-refractivity contribution < 1.29 is 23.8 Å². The number of carbonyl (C=O) groups is 2. The standard InChI is InChI=1S/C24H26ClN5O5S/c1-12-7-13(14-8-16(25)21(34-6)29-20(14)33-5)15(9-26-12)19(31)28-22-27-17-10-30(11-18(17)36-22)23(32)35-24(2,3)4/h7-9H,10-11H2,1-6H3,(H,27,28,31). The minimum atomic E-state index is -0.578. The number of aromatic nitrogens is 3. The molecule has 3 aromatic heterocycles. The molecule has 1 aliphatic heterocycles. The molecule has 10 nitrogen and oxygen atoms in total. The fourth-order valence-electron chi connectivity index (χ4n) is 3.63. The molecular formula is C24H26ClN5O5S. The minimum Gasteiger partial charge on any atom is -0.480 e. The summed E-state index contributed by atoms with van der Waals surface area (Å²) in [7, 11) is 2.94. The predicted molar refractivity (Wildman–Crippen MR) is 136 cm³/mol. The highest BCUT2D eigenvalue weighted by Crippen LogP contribution is 2.38. The molecule has 36 heavy (non-hydrogen) atoms. The van der Waals surface area contributed by atoms with Crippen LogP contribution in [-0.2, 0) is 17.8 Å². The molecule has 1 N–H and O–H groups in total. The number of anilines is 1. The van der Waals surface area contributed by atoms with Crippen molar-refractivity contribution in [2.24, 2.45) is 0 Å². The number of rotatable bonds is 5. The average molecular weight is 532 g/mol. The van der Waals surface area contributed by atoms with Crippen LogP contribution < -0.4 is 14.8 Å². The Hall–Kier alpha value is -3.44. The summed E-state index contributed by atoms with van der Waals surface area (Å²) in [5.74, 6) is 0.0704. The SMILES string of the molecule is COc1nc(OC)c(-c2cc(C)ncc2C(=O)Nc2nc3c(s2)CN(C(=O)OC(C)(C)C)C3)cc1Cl. The van der Waals surface area contributed by atoms with Crippen LogP contribution in [0.25, 0.3) is 11.1 Å². The van der Waals surface area contributed by atoms with Gasteiger partial charge in [-0.3, -0.25) is 20.0 Å². The molecule has 4 rings (SSSR count). The molecule has 0 fully saturated rings. The lowest BCUT2D eigenvalue weighted by Crippen LogP contribution is -2.33. The molecule has 0 saturated carbocycles. The summed E-state index contributed by atoms with van der Waals surface area (Å²) in [5.41, 5.74) is 2.23. The second-order valence-corrected chi connectivity index (χ2v) is 10.6. The average Bonchev–Trinajstić information content (AvgIpc) is 3.36. The summed E-state index contributed by atoms with van der Waals surface area (Å²) >= 11 is 7.63. The Morgan fingerprint density at radius 2 is 1.81 bits per heavy atom. The third-order valence-electron chi connectivity index (χ3n) is 5.20. The van der Waals surface area contributed by atoms with E-state index in [9.17, 15) is 9.59 Å². The van der Waals surface area contributed by atoms with Crippen molar-refractivity contribution in [3.8, 4) is 22.9 Å². The van der Waals surface area contributed by atoms with Crippen LogP contribution in [0.4, 0.5) is 9.93 Å². The molecule has 1 aliphatic rings. The maximum Gasteiger partial charge on any atom is 0.410 e. The molecule has 0 unspecified atom stereocenters. The van der Waals surface area contributed by atoms with E-state index in [1.54, 1.807) is 17.0 Å². The maximum absolute atomic E-state index is 13.3. The topological polar surface area (TPSA) is 116 Å². The first-order chi connectivity index (χ1) is 17.0. The van der Waals surface area contributed by atoms with Gasteiger partial charge in [0.05, 0.1) is 43.4 Å². The largest absolute Gasteiger partial charge is 0.480 e. The van der Waals surface area contributed by atoms with Crippen molar-refractivity contribution in [1.82, 2.24) is 19.9 Å². The Morgan fingerprint density at radius 3 is 2.44 bits per heavy atom. The van der Waals surface area contributed by atoms with Gasteiger partial charge < -0.3 is 14.2 Å². The van der Waals surface area contributed by atoms with Crippen molar-refractivity contribution in [1.29, 1.82) is 0 Å². The van der Waals surface area contributed by atoms with Gasteiger partial charge in [0.15, 0.2) is 5.13 Å². The second kappa shape index (κ2) is 9.90. The van der Waals surface area contributed by atoms with Gasteiger partial charge in [0.1, 0.15) is 10.6 Å².